The van der Waals surface area contributed by atoms with Crippen LogP contribution in [0.4, 0.5) is 5.13 Å². The van der Waals surface area contributed by atoms with Gasteiger partial charge in [-0.3, -0.25) is 0 Å². The van der Waals surface area contributed by atoms with Crippen molar-refractivity contribution in [1.29, 1.82) is 0 Å². The minimum atomic E-state index is 0.737. The molecule has 0 unspecified atom stereocenters. The van der Waals surface area contributed by atoms with Crippen LogP contribution in [0.5, 0.6) is 0 Å². The number of benzene rings is 1. The summed E-state index contributed by atoms with van der Waals surface area (Å²) in [7, 11) is 5.83. The highest BCUT2D eigenvalue weighted by molar-refractivity contribution is 8.01. The first kappa shape index (κ1) is 14.6. The van der Waals surface area contributed by atoms with Gasteiger partial charge in [-0.15, -0.1) is 10.2 Å². The largest absolute Gasteiger partial charge is 0.353 e. The topological polar surface area (TPSA) is 41.1 Å². The molecule has 0 spiro atoms. The summed E-state index contributed by atoms with van der Waals surface area (Å²) in [5.74, 6) is 0. The molecule has 1 heterocycles. The van der Waals surface area contributed by atoms with Crippen molar-refractivity contribution in [1.82, 2.24) is 15.5 Å². The van der Waals surface area contributed by atoms with E-state index in [2.05, 4.69) is 21.6 Å². The third-order valence-electron chi connectivity index (χ3n) is 2.41. The summed E-state index contributed by atoms with van der Waals surface area (Å²) in [5.41, 5.74) is 1.10. The molecule has 102 valence electrons. The molecule has 0 radical (unpaired) electrons. The molecule has 0 aliphatic carbocycles. The van der Waals surface area contributed by atoms with Crippen LogP contribution < -0.4 is 10.2 Å². The third kappa shape index (κ3) is 3.60. The Kier molecular flexibility index (Phi) is 5.04. The minimum Gasteiger partial charge on any atom is -0.353 e. The standard InChI is InChI=1S/C12H15ClN4S2/c1-14-7-8-9(13)5-4-6-10(8)18-12-16-15-11(19-12)17(2)3/h4-6,14H,7H2,1-3H3. The highest BCUT2D eigenvalue weighted by Gasteiger charge is 2.12. The maximum absolute atomic E-state index is 6.24. The summed E-state index contributed by atoms with van der Waals surface area (Å²) in [6, 6.07) is 5.92. The van der Waals surface area contributed by atoms with E-state index in [1.54, 1.807) is 23.1 Å². The van der Waals surface area contributed by atoms with Crippen LogP contribution in [-0.2, 0) is 6.54 Å². The predicted octanol–water partition coefficient (Wildman–Crippen LogP) is 3.13. The molecule has 0 bridgehead atoms. The molecule has 0 aliphatic rings. The fourth-order valence-corrected chi connectivity index (χ4v) is 3.68. The van der Waals surface area contributed by atoms with Gasteiger partial charge in [0.25, 0.3) is 0 Å². The molecular weight excluding hydrogens is 300 g/mol. The van der Waals surface area contributed by atoms with Crippen LogP contribution >= 0.6 is 34.7 Å². The lowest BCUT2D eigenvalue weighted by Crippen LogP contribution is -2.07. The van der Waals surface area contributed by atoms with Crippen molar-refractivity contribution >= 4 is 39.8 Å². The summed E-state index contributed by atoms with van der Waals surface area (Å²) in [5, 5.41) is 13.1. The number of nitrogens with zero attached hydrogens (tertiary/aromatic N) is 3. The Bertz CT molecular complexity index is 556. The zero-order chi connectivity index (χ0) is 13.8. The zero-order valence-electron chi connectivity index (χ0n) is 11.0. The average molecular weight is 315 g/mol. The Morgan fingerprint density at radius 3 is 2.79 bits per heavy atom. The van der Waals surface area contributed by atoms with Crippen LogP contribution in [0, 0.1) is 0 Å². The van der Waals surface area contributed by atoms with Gasteiger partial charge in [0.2, 0.25) is 5.13 Å². The summed E-state index contributed by atoms with van der Waals surface area (Å²) < 4.78 is 0.920. The number of halogens is 1. The maximum atomic E-state index is 6.24. The molecule has 1 aromatic carbocycles. The Morgan fingerprint density at radius 2 is 2.16 bits per heavy atom. The number of hydrogen-bond donors (Lipinski definition) is 1. The third-order valence-corrected chi connectivity index (χ3v) is 5.00. The van der Waals surface area contributed by atoms with Crippen LogP contribution in [0.3, 0.4) is 0 Å². The zero-order valence-corrected chi connectivity index (χ0v) is 13.4. The second kappa shape index (κ2) is 6.56. The number of anilines is 1. The SMILES string of the molecule is CNCc1c(Cl)cccc1Sc1nnc(N(C)C)s1. The molecule has 2 rings (SSSR count). The second-order valence-corrected chi connectivity index (χ2v) is 6.75. The average Bonchev–Trinajstić information content (AvgIpc) is 2.82. The molecule has 0 atom stereocenters. The van der Waals surface area contributed by atoms with Crippen molar-refractivity contribution in [2.24, 2.45) is 0 Å². The Hall–Kier alpha value is -0.820. The van der Waals surface area contributed by atoms with Gasteiger partial charge < -0.3 is 10.2 Å². The summed E-state index contributed by atoms with van der Waals surface area (Å²) in [6.45, 7) is 0.737. The van der Waals surface area contributed by atoms with Crippen LogP contribution in [0.15, 0.2) is 27.4 Å². The van der Waals surface area contributed by atoms with Gasteiger partial charge >= 0.3 is 0 Å². The molecule has 4 nitrogen and oxygen atoms in total. The minimum absolute atomic E-state index is 0.737. The first-order valence-corrected chi connectivity index (χ1v) is 7.73. The molecule has 1 N–H and O–H groups in total. The van der Waals surface area contributed by atoms with Gasteiger partial charge in [-0.2, -0.15) is 0 Å². The first-order chi connectivity index (χ1) is 9.11. The van der Waals surface area contributed by atoms with Gasteiger partial charge in [-0.1, -0.05) is 40.8 Å². The quantitative estimate of drug-likeness (QED) is 0.918. The Morgan fingerprint density at radius 1 is 1.37 bits per heavy atom. The van der Waals surface area contributed by atoms with Crippen molar-refractivity contribution < 1.29 is 0 Å². The van der Waals surface area contributed by atoms with E-state index in [0.29, 0.717) is 0 Å². The van der Waals surface area contributed by atoms with Crippen molar-refractivity contribution in [3.63, 3.8) is 0 Å². The van der Waals surface area contributed by atoms with Crippen molar-refractivity contribution in [2.45, 2.75) is 15.8 Å². The maximum Gasteiger partial charge on any atom is 0.208 e. The van der Waals surface area contributed by atoms with Crippen molar-refractivity contribution in [2.75, 3.05) is 26.0 Å². The van der Waals surface area contributed by atoms with E-state index in [9.17, 15) is 0 Å². The van der Waals surface area contributed by atoms with Crippen LogP contribution in [0.1, 0.15) is 5.56 Å². The summed E-state index contributed by atoms with van der Waals surface area (Å²) >= 11 is 9.41. The van der Waals surface area contributed by atoms with Gasteiger partial charge in [0.15, 0.2) is 4.34 Å². The fraction of sp³-hybridized carbons (Fsp3) is 0.333. The molecule has 1 aromatic heterocycles. The summed E-state index contributed by atoms with van der Waals surface area (Å²) in [6.07, 6.45) is 0. The molecule has 0 saturated heterocycles. The van der Waals surface area contributed by atoms with Crippen LogP contribution in [-0.4, -0.2) is 31.3 Å². The number of hydrogen-bond acceptors (Lipinski definition) is 6. The number of aromatic nitrogens is 2. The summed E-state index contributed by atoms with van der Waals surface area (Å²) in [4.78, 5) is 3.07. The lowest BCUT2D eigenvalue weighted by molar-refractivity contribution is 0.803. The molecule has 0 amide bonds. The van der Waals surface area contributed by atoms with E-state index >= 15 is 0 Å². The molecule has 0 saturated carbocycles. The van der Waals surface area contributed by atoms with Crippen LogP contribution in [0.25, 0.3) is 0 Å². The smallest absolute Gasteiger partial charge is 0.208 e. The van der Waals surface area contributed by atoms with E-state index in [0.717, 1.165) is 31.5 Å². The molecule has 7 heteroatoms. The highest BCUT2D eigenvalue weighted by Crippen LogP contribution is 2.36. The molecule has 2 aromatic rings. The van der Waals surface area contributed by atoms with Gasteiger partial charge in [-0.05, 0) is 24.7 Å². The Balaban J connectivity index is 2.24. The van der Waals surface area contributed by atoms with E-state index in [1.807, 2.05) is 38.2 Å². The lowest BCUT2D eigenvalue weighted by Gasteiger charge is -2.09. The van der Waals surface area contributed by atoms with Gasteiger partial charge in [0, 0.05) is 30.6 Å². The van der Waals surface area contributed by atoms with Crippen molar-refractivity contribution in [3.8, 4) is 0 Å². The van der Waals surface area contributed by atoms with Crippen LogP contribution in [0.2, 0.25) is 5.02 Å². The molecular formula is C12H15ClN4S2. The van der Waals surface area contributed by atoms with E-state index < -0.39 is 0 Å². The second-order valence-electron chi connectivity index (χ2n) is 4.09. The fourth-order valence-electron chi connectivity index (χ4n) is 1.50. The van der Waals surface area contributed by atoms with Gasteiger partial charge in [0.1, 0.15) is 0 Å². The lowest BCUT2D eigenvalue weighted by atomic mass is 10.2. The first-order valence-electron chi connectivity index (χ1n) is 5.72. The Labute approximate surface area is 126 Å². The number of nitrogens with one attached hydrogen (secondary N) is 1. The normalized spacial score (nSPS) is 10.7. The predicted molar refractivity (Wildman–Crippen MR) is 82.6 cm³/mol. The van der Waals surface area contributed by atoms with E-state index in [-0.39, 0.29) is 0 Å². The molecule has 0 fully saturated rings. The van der Waals surface area contributed by atoms with Crippen molar-refractivity contribution in [3.05, 3.63) is 28.8 Å². The van der Waals surface area contributed by atoms with Gasteiger partial charge in [-0.25, -0.2) is 0 Å². The molecule has 0 aliphatic heterocycles. The number of rotatable bonds is 5. The monoisotopic (exact) mass is 314 g/mol. The highest BCUT2D eigenvalue weighted by atomic mass is 35.5. The van der Waals surface area contributed by atoms with E-state index in [1.165, 1.54) is 0 Å². The van der Waals surface area contributed by atoms with Gasteiger partial charge in [0.05, 0.1) is 0 Å². The van der Waals surface area contributed by atoms with E-state index in [4.69, 9.17) is 11.6 Å². The molecule has 19 heavy (non-hydrogen) atoms.